The molecule has 1 N–H and O–H groups in total. The molecule has 0 spiro atoms. The van der Waals surface area contributed by atoms with Crippen molar-refractivity contribution in [1.29, 1.82) is 0 Å². The zero-order valence-corrected chi connectivity index (χ0v) is 6.22. The standard InChI is InChI=1S/C8H10NO2/c10-7-1-2-8(11)6-4-9-3-5(6)7/h5,9H,1-4H2/t5-/m1/s1. The molecule has 1 saturated heterocycles. The van der Waals surface area contributed by atoms with E-state index in [2.05, 4.69) is 5.32 Å². The van der Waals surface area contributed by atoms with Gasteiger partial charge in [-0.1, -0.05) is 0 Å². The van der Waals surface area contributed by atoms with E-state index in [-0.39, 0.29) is 17.5 Å². The molecule has 1 aliphatic carbocycles. The third-order valence-electron chi connectivity index (χ3n) is 2.43. The average molecular weight is 152 g/mol. The number of carbonyl (C=O) groups is 2. The van der Waals surface area contributed by atoms with E-state index in [9.17, 15) is 9.59 Å². The van der Waals surface area contributed by atoms with Crippen LogP contribution in [-0.4, -0.2) is 24.7 Å². The van der Waals surface area contributed by atoms with Gasteiger partial charge in [0.1, 0.15) is 11.6 Å². The summed E-state index contributed by atoms with van der Waals surface area (Å²) in [4.78, 5) is 22.4. The normalized spacial score (nSPS) is 32.5. The van der Waals surface area contributed by atoms with Crippen molar-refractivity contribution >= 4 is 11.6 Å². The van der Waals surface area contributed by atoms with Crippen LogP contribution in [0.3, 0.4) is 0 Å². The first-order valence-corrected chi connectivity index (χ1v) is 3.91. The summed E-state index contributed by atoms with van der Waals surface area (Å²) in [5.74, 6) is 1.18. The number of rotatable bonds is 0. The third-order valence-corrected chi connectivity index (χ3v) is 2.43. The van der Waals surface area contributed by atoms with Crippen LogP contribution in [0.1, 0.15) is 12.8 Å². The maximum absolute atomic E-state index is 11.2. The Labute approximate surface area is 65.2 Å². The van der Waals surface area contributed by atoms with Crippen molar-refractivity contribution in [2.75, 3.05) is 13.1 Å². The van der Waals surface area contributed by atoms with Crippen LogP contribution in [0.5, 0.6) is 0 Å². The summed E-state index contributed by atoms with van der Waals surface area (Å²) < 4.78 is 0. The van der Waals surface area contributed by atoms with Crippen molar-refractivity contribution in [1.82, 2.24) is 5.32 Å². The SMILES string of the molecule is O=C1CCC(=O)[C@@H]2CNC[C]12. The summed E-state index contributed by atoms with van der Waals surface area (Å²) in [6.07, 6.45) is 0.890. The molecule has 0 amide bonds. The average Bonchev–Trinajstić information content (AvgIpc) is 2.45. The van der Waals surface area contributed by atoms with Gasteiger partial charge in [-0.2, -0.15) is 0 Å². The predicted octanol–water partition coefficient (Wildman–Crippen LogP) is -0.288. The van der Waals surface area contributed by atoms with Gasteiger partial charge in [-0.05, 0) is 0 Å². The van der Waals surface area contributed by atoms with Gasteiger partial charge in [0.05, 0.1) is 5.92 Å². The number of carbonyl (C=O) groups excluding carboxylic acids is 2. The van der Waals surface area contributed by atoms with Crippen LogP contribution in [-0.2, 0) is 9.59 Å². The summed E-state index contributed by atoms with van der Waals surface area (Å²) in [6.45, 7) is 1.31. The van der Waals surface area contributed by atoms with Crippen molar-refractivity contribution < 1.29 is 9.59 Å². The van der Waals surface area contributed by atoms with Gasteiger partial charge < -0.3 is 5.32 Å². The molecule has 59 valence electrons. The van der Waals surface area contributed by atoms with Gasteiger partial charge in [0, 0.05) is 31.8 Å². The van der Waals surface area contributed by atoms with Crippen LogP contribution < -0.4 is 5.32 Å². The summed E-state index contributed by atoms with van der Waals surface area (Å²) in [5, 5.41) is 3.05. The Kier molecular flexibility index (Phi) is 1.53. The highest BCUT2D eigenvalue weighted by atomic mass is 16.1. The van der Waals surface area contributed by atoms with E-state index in [1.54, 1.807) is 0 Å². The van der Waals surface area contributed by atoms with Crippen molar-refractivity contribution in [2.24, 2.45) is 5.92 Å². The molecule has 1 atom stereocenters. The zero-order chi connectivity index (χ0) is 7.84. The molecule has 1 aliphatic heterocycles. The molecule has 1 radical (unpaired) electrons. The fraction of sp³-hybridized carbons (Fsp3) is 0.625. The van der Waals surface area contributed by atoms with E-state index in [0.29, 0.717) is 25.9 Å². The largest absolute Gasteiger partial charge is 0.315 e. The van der Waals surface area contributed by atoms with E-state index >= 15 is 0 Å². The highest BCUT2D eigenvalue weighted by Gasteiger charge is 2.41. The Morgan fingerprint density at radius 2 is 2.09 bits per heavy atom. The quantitative estimate of drug-likeness (QED) is 0.519. The molecular weight excluding hydrogens is 142 g/mol. The van der Waals surface area contributed by atoms with E-state index in [0.717, 1.165) is 5.92 Å². The number of hydrogen-bond acceptors (Lipinski definition) is 3. The molecular formula is C8H10NO2. The van der Waals surface area contributed by atoms with Gasteiger partial charge in [-0.15, -0.1) is 0 Å². The Bertz CT molecular complexity index is 190. The molecule has 0 unspecified atom stereocenters. The first kappa shape index (κ1) is 6.98. The first-order chi connectivity index (χ1) is 5.29. The summed E-state index contributed by atoms with van der Waals surface area (Å²) in [7, 11) is 0. The summed E-state index contributed by atoms with van der Waals surface area (Å²) in [5.41, 5.74) is 0. The molecule has 2 fully saturated rings. The lowest BCUT2D eigenvalue weighted by Crippen LogP contribution is -2.32. The van der Waals surface area contributed by atoms with Gasteiger partial charge in [-0.25, -0.2) is 0 Å². The van der Waals surface area contributed by atoms with Gasteiger partial charge in [0.2, 0.25) is 0 Å². The van der Waals surface area contributed by atoms with Gasteiger partial charge in [0.25, 0.3) is 0 Å². The minimum atomic E-state index is -0.0729. The molecule has 0 aromatic carbocycles. The number of Topliss-reactive ketones (excluding diaryl/α,β-unsaturated/α-hetero) is 2. The Hall–Kier alpha value is -0.700. The molecule has 0 bridgehead atoms. The lowest BCUT2D eigenvalue weighted by molar-refractivity contribution is -0.129. The topological polar surface area (TPSA) is 46.2 Å². The van der Waals surface area contributed by atoms with Crippen LogP contribution in [0.2, 0.25) is 0 Å². The second-order valence-electron chi connectivity index (χ2n) is 3.10. The zero-order valence-electron chi connectivity index (χ0n) is 6.22. The Balaban J connectivity index is 2.20. The molecule has 2 rings (SSSR count). The number of hydrogen-bond donors (Lipinski definition) is 1. The van der Waals surface area contributed by atoms with Gasteiger partial charge in [-0.3, -0.25) is 9.59 Å². The van der Waals surface area contributed by atoms with E-state index in [4.69, 9.17) is 0 Å². The highest BCUT2D eigenvalue weighted by molar-refractivity contribution is 6.05. The predicted molar refractivity (Wildman–Crippen MR) is 38.9 cm³/mol. The fourth-order valence-corrected chi connectivity index (χ4v) is 1.77. The minimum absolute atomic E-state index is 0.0729. The monoisotopic (exact) mass is 152 g/mol. The van der Waals surface area contributed by atoms with E-state index in [1.807, 2.05) is 0 Å². The molecule has 1 heterocycles. The number of fused-ring (bicyclic) bond motifs is 1. The van der Waals surface area contributed by atoms with E-state index in [1.165, 1.54) is 0 Å². The lowest BCUT2D eigenvalue weighted by Gasteiger charge is -2.20. The van der Waals surface area contributed by atoms with Crippen molar-refractivity contribution in [3.05, 3.63) is 5.92 Å². The molecule has 3 heteroatoms. The first-order valence-electron chi connectivity index (χ1n) is 3.91. The molecule has 11 heavy (non-hydrogen) atoms. The summed E-state index contributed by atoms with van der Waals surface area (Å²) in [6, 6.07) is 0. The molecule has 0 aromatic rings. The van der Waals surface area contributed by atoms with Crippen LogP contribution in [0, 0.1) is 11.8 Å². The second kappa shape index (κ2) is 2.41. The van der Waals surface area contributed by atoms with Crippen LogP contribution in [0.25, 0.3) is 0 Å². The highest BCUT2D eigenvalue weighted by Crippen LogP contribution is 2.28. The molecule has 0 aromatic heterocycles. The maximum Gasteiger partial charge on any atom is 0.142 e. The molecule has 1 saturated carbocycles. The molecule has 2 aliphatic rings. The number of nitrogens with one attached hydrogen (secondary N) is 1. The minimum Gasteiger partial charge on any atom is -0.315 e. The fourth-order valence-electron chi connectivity index (χ4n) is 1.77. The second-order valence-corrected chi connectivity index (χ2v) is 3.10. The lowest BCUT2D eigenvalue weighted by atomic mass is 9.80. The number of ketones is 2. The van der Waals surface area contributed by atoms with Gasteiger partial charge in [0.15, 0.2) is 0 Å². The Morgan fingerprint density at radius 3 is 2.82 bits per heavy atom. The third kappa shape index (κ3) is 0.997. The van der Waals surface area contributed by atoms with Crippen molar-refractivity contribution in [2.45, 2.75) is 12.8 Å². The maximum atomic E-state index is 11.2. The van der Waals surface area contributed by atoms with Crippen LogP contribution in [0.4, 0.5) is 0 Å². The van der Waals surface area contributed by atoms with Crippen molar-refractivity contribution in [3.63, 3.8) is 0 Å². The van der Waals surface area contributed by atoms with E-state index < -0.39 is 0 Å². The molecule has 3 nitrogen and oxygen atoms in total. The van der Waals surface area contributed by atoms with Crippen LogP contribution in [0.15, 0.2) is 0 Å². The van der Waals surface area contributed by atoms with Crippen LogP contribution >= 0.6 is 0 Å². The summed E-state index contributed by atoms with van der Waals surface area (Å²) >= 11 is 0. The Morgan fingerprint density at radius 1 is 1.27 bits per heavy atom. The van der Waals surface area contributed by atoms with Gasteiger partial charge >= 0.3 is 0 Å². The smallest absolute Gasteiger partial charge is 0.142 e. The van der Waals surface area contributed by atoms with Crippen molar-refractivity contribution in [3.8, 4) is 0 Å².